The second-order valence-corrected chi connectivity index (χ2v) is 10.7. The van der Waals surface area contributed by atoms with E-state index in [1.807, 2.05) is 19.1 Å². The van der Waals surface area contributed by atoms with Gasteiger partial charge >= 0.3 is 0 Å². The van der Waals surface area contributed by atoms with Crippen LogP contribution in [0.3, 0.4) is 0 Å². The predicted octanol–water partition coefficient (Wildman–Crippen LogP) is 3.99. The Labute approximate surface area is 177 Å². The maximum atomic E-state index is 12.3. The lowest BCUT2D eigenvalue weighted by Gasteiger charge is -2.09. The Morgan fingerprint density at radius 3 is 2.37 bits per heavy atom. The molecule has 3 aromatic heterocycles. The highest BCUT2D eigenvalue weighted by molar-refractivity contribution is 7.92. The monoisotopic (exact) mass is 441 g/mol. The summed E-state index contributed by atoms with van der Waals surface area (Å²) in [6.45, 7) is 5.30. The number of hydrogen-bond acceptors (Lipinski definition) is 9. The van der Waals surface area contributed by atoms with Crippen LogP contribution in [0.25, 0.3) is 33.6 Å². The number of nitrogens with two attached hydrogens (primary N) is 1. The minimum absolute atomic E-state index is 0.162. The van der Waals surface area contributed by atoms with Crippen LogP contribution in [0.2, 0.25) is 0 Å². The van der Waals surface area contributed by atoms with Gasteiger partial charge in [-0.3, -0.25) is 0 Å². The van der Waals surface area contributed by atoms with Gasteiger partial charge in [-0.25, -0.2) is 18.4 Å². The smallest absolute Gasteiger partial charge is 0.270 e. The normalized spacial score (nSPS) is 11.9. The zero-order chi connectivity index (χ0) is 21.5. The van der Waals surface area contributed by atoms with E-state index in [1.165, 1.54) is 6.20 Å². The maximum absolute atomic E-state index is 12.3. The van der Waals surface area contributed by atoms with E-state index in [9.17, 15) is 8.42 Å². The van der Waals surface area contributed by atoms with Crippen molar-refractivity contribution in [1.82, 2.24) is 20.2 Å². The highest BCUT2D eigenvalue weighted by Crippen LogP contribution is 2.31. The van der Waals surface area contributed by atoms with E-state index >= 15 is 0 Å². The van der Waals surface area contributed by atoms with Gasteiger partial charge in [-0.1, -0.05) is 12.1 Å². The summed E-state index contributed by atoms with van der Waals surface area (Å²) in [6.07, 6.45) is 1.52. The molecule has 0 aliphatic heterocycles. The van der Waals surface area contributed by atoms with Crippen molar-refractivity contribution in [3.8, 4) is 33.6 Å². The van der Waals surface area contributed by atoms with Gasteiger partial charge in [-0.2, -0.15) is 0 Å². The lowest BCUT2D eigenvalue weighted by molar-refractivity contribution is 0.583. The predicted molar refractivity (Wildman–Crippen MR) is 116 cm³/mol. The molecule has 0 fully saturated rings. The minimum atomic E-state index is -3.34. The van der Waals surface area contributed by atoms with Crippen LogP contribution in [-0.4, -0.2) is 33.8 Å². The minimum Gasteiger partial charge on any atom is -0.414 e. The van der Waals surface area contributed by atoms with Crippen molar-refractivity contribution in [1.29, 1.82) is 0 Å². The molecule has 0 atom stereocenters. The summed E-state index contributed by atoms with van der Waals surface area (Å²) in [6, 6.07) is 10.4. The SMILES string of the molecule is Cc1ccc(-c2nnc(-c3nc(-c4ccc(S(=O)(=O)C(C)C)cc4)cnc3N)o2)s1. The highest BCUT2D eigenvalue weighted by Gasteiger charge is 2.20. The number of aryl methyl sites for hydroxylation is 1. The van der Waals surface area contributed by atoms with Gasteiger partial charge in [0, 0.05) is 10.4 Å². The molecule has 0 unspecified atom stereocenters. The number of rotatable bonds is 5. The Morgan fingerprint density at radius 2 is 1.73 bits per heavy atom. The molecule has 0 saturated heterocycles. The number of thiophene rings is 1. The lowest BCUT2D eigenvalue weighted by atomic mass is 10.1. The van der Waals surface area contributed by atoms with E-state index in [0.29, 0.717) is 17.1 Å². The molecular weight excluding hydrogens is 422 g/mol. The van der Waals surface area contributed by atoms with Gasteiger partial charge in [0.05, 0.1) is 26.9 Å². The number of nitrogen functional groups attached to an aromatic ring is 1. The first-order chi connectivity index (χ1) is 14.3. The van der Waals surface area contributed by atoms with Crippen molar-refractivity contribution in [2.24, 2.45) is 0 Å². The van der Waals surface area contributed by atoms with Gasteiger partial charge in [0.2, 0.25) is 0 Å². The van der Waals surface area contributed by atoms with Gasteiger partial charge in [0.1, 0.15) is 0 Å². The molecule has 0 saturated carbocycles. The van der Waals surface area contributed by atoms with E-state index in [1.54, 1.807) is 49.4 Å². The fourth-order valence-electron chi connectivity index (χ4n) is 2.75. The first-order valence-corrected chi connectivity index (χ1v) is 11.5. The van der Waals surface area contributed by atoms with Crippen molar-refractivity contribution >= 4 is 27.0 Å². The topological polar surface area (TPSA) is 125 Å². The average molecular weight is 442 g/mol. The third-order valence-corrected chi connectivity index (χ3v) is 7.64. The van der Waals surface area contributed by atoms with Crippen LogP contribution >= 0.6 is 11.3 Å². The molecular formula is C20H19N5O3S2. The summed E-state index contributed by atoms with van der Waals surface area (Å²) in [5, 5.41) is 7.64. The third kappa shape index (κ3) is 3.71. The molecule has 3 heterocycles. The Hall–Kier alpha value is -3.11. The number of sulfone groups is 1. The van der Waals surface area contributed by atoms with E-state index in [2.05, 4.69) is 20.2 Å². The standard InChI is InChI=1S/C20H19N5O3S2/c1-11(2)30(26,27)14-7-5-13(6-8-14)15-10-22-18(21)17(23-15)20-25-24-19(28-20)16-9-4-12(3)29-16/h4-11H,1-3H3,(H2,21,22). The molecule has 0 radical (unpaired) electrons. The molecule has 4 aromatic rings. The molecule has 0 bridgehead atoms. The first-order valence-electron chi connectivity index (χ1n) is 9.13. The fraction of sp³-hybridized carbons (Fsp3) is 0.200. The van der Waals surface area contributed by atoms with Gasteiger partial charge in [-0.15, -0.1) is 21.5 Å². The van der Waals surface area contributed by atoms with Crippen LogP contribution in [0.15, 0.2) is 51.9 Å². The van der Waals surface area contributed by atoms with Crippen LogP contribution in [-0.2, 0) is 9.84 Å². The molecule has 0 amide bonds. The molecule has 154 valence electrons. The van der Waals surface area contributed by atoms with Crippen molar-refractivity contribution in [3.05, 3.63) is 47.5 Å². The summed E-state index contributed by atoms with van der Waals surface area (Å²) >= 11 is 1.55. The van der Waals surface area contributed by atoms with Crippen LogP contribution in [0.5, 0.6) is 0 Å². The summed E-state index contributed by atoms with van der Waals surface area (Å²) < 4.78 is 30.4. The second-order valence-electron chi connectivity index (χ2n) is 6.93. The largest absolute Gasteiger partial charge is 0.414 e. The summed E-state index contributed by atoms with van der Waals surface area (Å²) in [7, 11) is -3.34. The van der Waals surface area contributed by atoms with E-state index in [-0.39, 0.29) is 22.3 Å². The molecule has 0 aliphatic rings. The molecule has 30 heavy (non-hydrogen) atoms. The van der Waals surface area contributed by atoms with Crippen LogP contribution in [0, 0.1) is 6.92 Å². The van der Waals surface area contributed by atoms with E-state index in [4.69, 9.17) is 10.2 Å². The lowest BCUT2D eigenvalue weighted by Crippen LogP contribution is -2.13. The molecule has 0 aliphatic carbocycles. The Kier molecular flexibility index (Phi) is 5.12. The zero-order valence-corrected chi connectivity index (χ0v) is 18.2. The quantitative estimate of drug-likeness (QED) is 0.493. The van der Waals surface area contributed by atoms with E-state index < -0.39 is 15.1 Å². The maximum Gasteiger partial charge on any atom is 0.270 e. The Morgan fingerprint density at radius 1 is 1.03 bits per heavy atom. The Balaban J connectivity index is 1.68. The van der Waals surface area contributed by atoms with Crippen LogP contribution in [0.1, 0.15) is 18.7 Å². The van der Waals surface area contributed by atoms with Crippen molar-refractivity contribution in [2.45, 2.75) is 30.9 Å². The van der Waals surface area contributed by atoms with Crippen molar-refractivity contribution < 1.29 is 12.8 Å². The number of hydrogen-bond donors (Lipinski definition) is 1. The molecule has 8 nitrogen and oxygen atoms in total. The number of anilines is 1. The third-order valence-electron chi connectivity index (χ3n) is 4.48. The van der Waals surface area contributed by atoms with Crippen molar-refractivity contribution in [3.63, 3.8) is 0 Å². The summed E-state index contributed by atoms with van der Waals surface area (Å²) in [5.74, 6) is 0.718. The Bertz CT molecular complexity index is 1310. The van der Waals surface area contributed by atoms with Crippen LogP contribution < -0.4 is 5.73 Å². The molecule has 1 aromatic carbocycles. The fourth-order valence-corrected chi connectivity index (χ4v) is 4.60. The van der Waals surface area contributed by atoms with Gasteiger partial charge in [-0.05, 0) is 45.0 Å². The highest BCUT2D eigenvalue weighted by atomic mass is 32.2. The summed E-state index contributed by atoms with van der Waals surface area (Å²) in [5.41, 5.74) is 7.47. The zero-order valence-electron chi connectivity index (χ0n) is 16.5. The molecule has 4 rings (SSSR count). The van der Waals surface area contributed by atoms with Gasteiger partial charge < -0.3 is 10.2 Å². The number of benzene rings is 1. The average Bonchev–Trinajstić information content (AvgIpc) is 3.37. The van der Waals surface area contributed by atoms with Gasteiger partial charge in [0.25, 0.3) is 11.8 Å². The first kappa shape index (κ1) is 20.2. The van der Waals surface area contributed by atoms with E-state index in [0.717, 1.165) is 9.75 Å². The van der Waals surface area contributed by atoms with Gasteiger partial charge in [0.15, 0.2) is 21.3 Å². The van der Waals surface area contributed by atoms with Crippen LogP contribution in [0.4, 0.5) is 5.82 Å². The van der Waals surface area contributed by atoms with Crippen molar-refractivity contribution in [2.75, 3.05) is 5.73 Å². The summed E-state index contributed by atoms with van der Waals surface area (Å²) in [4.78, 5) is 11.0. The molecule has 0 spiro atoms. The molecule has 10 heteroatoms. The second kappa shape index (κ2) is 7.62. The molecule has 2 N–H and O–H groups in total. The number of aromatic nitrogens is 4. The number of nitrogens with zero attached hydrogens (tertiary/aromatic N) is 4.